The number of halogens is 1. The van der Waals surface area contributed by atoms with Crippen molar-refractivity contribution >= 4 is 18.4 Å². The number of ether oxygens (including phenoxy) is 2. The number of carbonyl (C=O) groups excluding carboxylic acids is 1. The molecule has 1 aromatic rings. The van der Waals surface area contributed by atoms with Gasteiger partial charge in [-0.05, 0) is 12.0 Å². The highest BCUT2D eigenvalue weighted by Crippen LogP contribution is 2.15. The van der Waals surface area contributed by atoms with Crippen molar-refractivity contribution in [2.45, 2.75) is 18.6 Å². The van der Waals surface area contributed by atoms with Crippen molar-refractivity contribution in [3.8, 4) is 0 Å². The van der Waals surface area contributed by atoms with Gasteiger partial charge in [-0.15, -0.1) is 22.5 Å². The molecule has 0 saturated carbocycles. The van der Waals surface area contributed by atoms with Crippen molar-refractivity contribution in [2.24, 2.45) is 5.73 Å². The molecule has 0 radical (unpaired) electrons. The smallest absolute Gasteiger partial charge is 0.353 e. The van der Waals surface area contributed by atoms with E-state index >= 15 is 0 Å². The summed E-state index contributed by atoms with van der Waals surface area (Å²) in [4.78, 5) is 25.9. The molecule has 1 aromatic carbocycles. The fourth-order valence-corrected chi connectivity index (χ4v) is 1.72. The highest BCUT2D eigenvalue weighted by molar-refractivity contribution is 5.85. The van der Waals surface area contributed by atoms with E-state index in [0.29, 0.717) is 6.42 Å². The Hall–Kier alpha value is -1.90. The number of hydrogen-bond donors (Lipinski definition) is 1. The first kappa shape index (κ1) is 20.1. The molecule has 0 amide bonds. The number of nitrogens with two attached hydrogens (primary N) is 1. The summed E-state index contributed by atoms with van der Waals surface area (Å²) >= 11 is 0. The van der Waals surface area contributed by atoms with Crippen molar-refractivity contribution in [2.75, 3.05) is 20.3 Å². The molecule has 0 fully saturated rings. The van der Waals surface area contributed by atoms with Crippen molar-refractivity contribution in [1.82, 2.24) is 0 Å². The molecular formula is C13H19ClN2O6. The lowest BCUT2D eigenvalue weighted by Gasteiger charge is -2.26. The number of benzene rings is 1. The largest absolute Gasteiger partial charge is 0.466 e. The second kappa shape index (κ2) is 9.93. The van der Waals surface area contributed by atoms with Gasteiger partial charge in [-0.1, -0.05) is 30.3 Å². The van der Waals surface area contributed by atoms with Crippen LogP contribution in [0.3, 0.4) is 0 Å². The zero-order chi connectivity index (χ0) is 15.7. The third-order valence-corrected chi connectivity index (χ3v) is 2.80. The zero-order valence-electron chi connectivity index (χ0n) is 12.1. The van der Waals surface area contributed by atoms with Gasteiger partial charge >= 0.3 is 5.97 Å². The number of aryl methyl sites for hydroxylation is 1. The Kier molecular flexibility index (Phi) is 9.07. The predicted molar refractivity (Wildman–Crippen MR) is 79.8 cm³/mol. The van der Waals surface area contributed by atoms with Gasteiger partial charge in [0.15, 0.2) is 0 Å². The predicted octanol–water partition coefficient (Wildman–Crippen LogP) is 1.09. The molecule has 0 aromatic heterocycles. The number of esters is 1. The number of methoxy groups -OCH3 is 1. The van der Waals surface area contributed by atoms with E-state index in [0.717, 1.165) is 5.56 Å². The molecule has 0 spiro atoms. The molecule has 9 heteroatoms. The highest BCUT2D eigenvalue weighted by Gasteiger charge is 2.36. The van der Waals surface area contributed by atoms with Gasteiger partial charge in [-0.3, -0.25) is 5.73 Å². The molecule has 1 rings (SSSR count). The lowest BCUT2D eigenvalue weighted by atomic mass is 10.0. The van der Waals surface area contributed by atoms with Crippen LogP contribution in [0.15, 0.2) is 30.3 Å². The van der Waals surface area contributed by atoms with Crippen LogP contribution in [-0.4, -0.2) is 37.1 Å². The van der Waals surface area contributed by atoms with E-state index in [4.69, 9.17) is 10.5 Å². The van der Waals surface area contributed by atoms with E-state index in [1.807, 2.05) is 30.3 Å². The minimum Gasteiger partial charge on any atom is -0.466 e. The number of rotatable bonds is 9. The molecular weight excluding hydrogens is 316 g/mol. The average molecular weight is 335 g/mol. The first-order chi connectivity index (χ1) is 9.98. The van der Waals surface area contributed by atoms with Crippen molar-refractivity contribution in [3.63, 3.8) is 0 Å². The van der Waals surface area contributed by atoms with Crippen LogP contribution in [-0.2, 0) is 25.5 Å². The van der Waals surface area contributed by atoms with Gasteiger partial charge in [-0.2, -0.15) is 0 Å². The summed E-state index contributed by atoms with van der Waals surface area (Å²) in [6, 6.07) is 9.42. The van der Waals surface area contributed by atoms with Crippen molar-refractivity contribution in [3.05, 3.63) is 46.0 Å². The van der Waals surface area contributed by atoms with Crippen LogP contribution in [0.2, 0.25) is 0 Å². The maximum absolute atomic E-state index is 11.7. The topological polar surface area (TPSA) is 114 Å². The molecule has 0 aliphatic heterocycles. The molecule has 0 saturated heterocycles. The Labute approximate surface area is 134 Å². The Morgan fingerprint density at radius 2 is 1.95 bits per heavy atom. The van der Waals surface area contributed by atoms with Gasteiger partial charge in [0.1, 0.15) is 6.61 Å². The summed E-state index contributed by atoms with van der Waals surface area (Å²) in [7, 11) is 1.20. The number of carbonyl (C=O) groups is 1. The van der Waals surface area contributed by atoms with Crippen LogP contribution in [0.4, 0.5) is 0 Å². The van der Waals surface area contributed by atoms with Crippen LogP contribution >= 0.6 is 12.4 Å². The number of hydrogen-bond acceptors (Lipinski definition) is 7. The highest BCUT2D eigenvalue weighted by atomic mass is 35.5. The van der Waals surface area contributed by atoms with E-state index in [9.17, 15) is 14.9 Å². The van der Waals surface area contributed by atoms with Crippen LogP contribution in [0.5, 0.6) is 0 Å². The standard InChI is InChI=1S/C13H18N2O6.ClH/c1-19-12(16)13(14,20-9-10-21-15(17)18)8-7-11-5-3-2-4-6-11;/h2-6H,7-10,14H2,1H3;1H. The zero-order valence-corrected chi connectivity index (χ0v) is 12.9. The summed E-state index contributed by atoms with van der Waals surface area (Å²) in [5.74, 6) is -0.737. The fourth-order valence-electron chi connectivity index (χ4n) is 1.72. The normalized spacial score (nSPS) is 12.6. The maximum Gasteiger partial charge on any atom is 0.353 e. The summed E-state index contributed by atoms with van der Waals surface area (Å²) < 4.78 is 9.85. The van der Waals surface area contributed by atoms with Crippen LogP contribution < -0.4 is 5.73 Å². The lowest BCUT2D eigenvalue weighted by molar-refractivity contribution is -0.758. The summed E-state index contributed by atoms with van der Waals surface area (Å²) in [6.07, 6.45) is 0.685. The summed E-state index contributed by atoms with van der Waals surface area (Å²) in [5, 5.41) is 9.09. The van der Waals surface area contributed by atoms with Gasteiger partial charge in [0.25, 0.3) is 5.09 Å². The molecule has 8 nitrogen and oxygen atoms in total. The Balaban J connectivity index is 0.00000441. The molecule has 0 bridgehead atoms. The van der Waals surface area contributed by atoms with E-state index in [-0.39, 0.29) is 32.0 Å². The number of nitrogens with zero attached hydrogens (tertiary/aromatic N) is 1. The molecule has 2 N–H and O–H groups in total. The Bertz CT molecular complexity index is 473. The quantitative estimate of drug-likeness (QED) is 0.236. The lowest BCUT2D eigenvalue weighted by Crippen LogP contribution is -2.52. The third kappa shape index (κ3) is 6.70. The van der Waals surface area contributed by atoms with Gasteiger partial charge in [0, 0.05) is 6.42 Å². The Morgan fingerprint density at radius 3 is 2.50 bits per heavy atom. The molecule has 22 heavy (non-hydrogen) atoms. The van der Waals surface area contributed by atoms with E-state index in [1.54, 1.807) is 0 Å². The summed E-state index contributed by atoms with van der Waals surface area (Å²) in [5.41, 5.74) is 5.22. The SMILES string of the molecule is COC(=O)C(N)(CCc1ccccc1)OCCO[N+](=O)[O-].Cl. The van der Waals surface area contributed by atoms with Crippen LogP contribution in [0.1, 0.15) is 12.0 Å². The molecule has 124 valence electrons. The fraction of sp³-hybridized carbons (Fsp3) is 0.462. The second-order valence-corrected chi connectivity index (χ2v) is 4.27. The average Bonchev–Trinajstić information content (AvgIpc) is 2.49. The molecule has 0 aliphatic carbocycles. The second-order valence-electron chi connectivity index (χ2n) is 4.27. The van der Waals surface area contributed by atoms with Crippen LogP contribution in [0, 0.1) is 10.1 Å². The van der Waals surface area contributed by atoms with Crippen molar-refractivity contribution in [1.29, 1.82) is 0 Å². The minimum absolute atomic E-state index is 0. The van der Waals surface area contributed by atoms with Gasteiger partial charge in [0.05, 0.1) is 13.7 Å². The van der Waals surface area contributed by atoms with E-state index in [2.05, 4.69) is 9.57 Å². The first-order valence-corrected chi connectivity index (χ1v) is 6.30. The molecule has 0 heterocycles. The third-order valence-electron chi connectivity index (χ3n) is 2.80. The van der Waals surface area contributed by atoms with Gasteiger partial charge in [-0.25, -0.2) is 4.79 Å². The maximum atomic E-state index is 11.7. The van der Waals surface area contributed by atoms with Gasteiger partial charge < -0.3 is 14.3 Å². The van der Waals surface area contributed by atoms with Crippen molar-refractivity contribution < 1.29 is 24.2 Å². The van der Waals surface area contributed by atoms with Crippen LogP contribution in [0.25, 0.3) is 0 Å². The Morgan fingerprint density at radius 1 is 1.32 bits per heavy atom. The van der Waals surface area contributed by atoms with E-state index in [1.165, 1.54) is 7.11 Å². The summed E-state index contributed by atoms with van der Waals surface area (Å²) in [6.45, 7) is -0.504. The molecule has 0 aliphatic rings. The first-order valence-electron chi connectivity index (χ1n) is 6.30. The minimum atomic E-state index is -1.66. The van der Waals surface area contributed by atoms with E-state index < -0.39 is 16.8 Å². The monoisotopic (exact) mass is 334 g/mol. The molecule has 1 unspecified atom stereocenters. The molecule has 1 atom stereocenters. The van der Waals surface area contributed by atoms with Gasteiger partial charge in [0.2, 0.25) is 5.72 Å².